The third-order valence-corrected chi connectivity index (χ3v) is 8.97. The van der Waals surface area contributed by atoms with Crippen LogP contribution in [0.25, 0.3) is 0 Å². The van der Waals surface area contributed by atoms with Crippen molar-refractivity contribution in [3.63, 3.8) is 0 Å². The van der Waals surface area contributed by atoms with Gasteiger partial charge < -0.3 is 5.11 Å². The lowest BCUT2D eigenvalue weighted by molar-refractivity contribution is 0.318. The fraction of sp³-hybridized carbons (Fsp3) is 1.00. The van der Waals surface area contributed by atoms with Crippen molar-refractivity contribution < 1.29 is 21.9 Å². The Hall–Kier alpha value is -0.140. The van der Waals surface area contributed by atoms with E-state index < -0.39 is 23.8 Å². The van der Waals surface area contributed by atoms with Crippen molar-refractivity contribution in [1.29, 1.82) is 0 Å². The Balaban J connectivity index is 0. The van der Waals surface area contributed by atoms with Crippen LogP contribution in [-0.4, -0.2) is 44.1 Å². The van der Waals surface area contributed by atoms with E-state index in [2.05, 4.69) is 0 Å². The molecule has 0 saturated heterocycles. The Kier molecular flexibility index (Phi) is 8.28. The third kappa shape index (κ3) is 4.22. The van der Waals surface area contributed by atoms with Gasteiger partial charge in [-0.15, -0.1) is 0 Å². The van der Waals surface area contributed by atoms with Gasteiger partial charge in [0.25, 0.3) is 0 Å². The molecular formula is C10H24O5S2. The van der Waals surface area contributed by atoms with Gasteiger partial charge >= 0.3 is 0 Å². The van der Waals surface area contributed by atoms with Crippen molar-refractivity contribution in [2.24, 2.45) is 0 Å². The van der Waals surface area contributed by atoms with Crippen LogP contribution in [0.3, 0.4) is 0 Å². The van der Waals surface area contributed by atoms with Crippen LogP contribution in [-0.2, 0) is 19.7 Å². The molecule has 17 heavy (non-hydrogen) atoms. The van der Waals surface area contributed by atoms with E-state index >= 15 is 0 Å². The van der Waals surface area contributed by atoms with Gasteiger partial charge in [0.2, 0.25) is 0 Å². The molecule has 0 fully saturated rings. The highest BCUT2D eigenvalue weighted by molar-refractivity contribution is 8.10. The number of aliphatic hydroxyl groups excluding tert-OH is 1. The maximum absolute atomic E-state index is 11.7. The van der Waals surface area contributed by atoms with E-state index in [9.17, 15) is 16.8 Å². The van der Waals surface area contributed by atoms with Gasteiger partial charge in [0.05, 0.1) is 0 Å². The first-order chi connectivity index (χ1) is 7.60. The molecule has 0 aliphatic heterocycles. The van der Waals surface area contributed by atoms with Crippen molar-refractivity contribution >= 4 is 19.7 Å². The highest BCUT2D eigenvalue weighted by atomic mass is 32.3. The Morgan fingerprint density at radius 2 is 1.12 bits per heavy atom. The number of sulfone groups is 2. The molecule has 0 aromatic heterocycles. The third-order valence-electron chi connectivity index (χ3n) is 2.72. The van der Waals surface area contributed by atoms with Gasteiger partial charge in [0.15, 0.2) is 23.8 Å². The minimum Gasteiger partial charge on any atom is -0.397 e. The van der Waals surface area contributed by atoms with Crippen molar-refractivity contribution in [2.45, 2.75) is 45.1 Å². The summed E-state index contributed by atoms with van der Waals surface area (Å²) in [5, 5.41) is 7.57. The molecule has 0 bridgehead atoms. The van der Waals surface area contributed by atoms with Gasteiger partial charge in [-0.05, 0) is 20.3 Å². The van der Waals surface area contributed by atoms with E-state index in [0.717, 1.165) is 0 Å². The molecule has 0 atom stereocenters. The lowest BCUT2D eigenvalue weighted by atomic mass is 10.4. The molecule has 0 spiro atoms. The molecule has 0 amide bonds. The van der Waals surface area contributed by atoms with Gasteiger partial charge in [-0.2, -0.15) is 0 Å². The largest absolute Gasteiger partial charge is 0.397 e. The highest BCUT2D eigenvalue weighted by Crippen LogP contribution is 2.29. The molecule has 0 aliphatic rings. The van der Waals surface area contributed by atoms with Crippen LogP contribution < -0.4 is 0 Å². The molecule has 0 aliphatic carbocycles. The zero-order chi connectivity index (χ0) is 14.3. The second kappa shape index (κ2) is 7.33. The Morgan fingerprint density at radius 3 is 1.24 bits per heavy atom. The van der Waals surface area contributed by atoms with Crippen LogP contribution in [0.4, 0.5) is 0 Å². The molecule has 0 radical (unpaired) electrons. The maximum atomic E-state index is 11.7. The molecule has 5 nitrogen and oxygen atoms in total. The van der Waals surface area contributed by atoms with Gasteiger partial charge in [-0.3, -0.25) is 0 Å². The molecule has 0 rings (SSSR count). The van der Waals surface area contributed by atoms with E-state index in [0.29, 0.717) is 0 Å². The molecular weight excluding hydrogens is 264 g/mol. The first-order valence-corrected chi connectivity index (χ1v) is 8.96. The van der Waals surface area contributed by atoms with Crippen LogP contribution in [0.5, 0.6) is 0 Å². The molecule has 106 valence electrons. The molecule has 0 aromatic carbocycles. The lowest BCUT2D eigenvalue weighted by Gasteiger charge is -2.26. The Bertz CT molecular complexity index is 360. The Morgan fingerprint density at radius 1 is 0.882 bits per heavy atom. The van der Waals surface area contributed by atoms with Crippen LogP contribution in [0.1, 0.15) is 41.0 Å². The summed E-state index contributed by atoms with van der Waals surface area (Å²) in [6.45, 7) is 7.74. The monoisotopic (exact) mass is 288 g/mol. The molecule has 7 heteroatoms. The summed E-state index contributed by atoms with van der Waals surface area (Å²) in [5.41, 5.74) is 0. The van der Waals surface area contributed by atoms with Crippen molar-refractivity contribution in [2.75, 3.05) is 18.1 Å². The summed E-state index contributed by atoms with van der Waals surface area (Å²) in [5.74, 6) is -0.285. The smallest absolute Gasteiger partial charge is 0.170 e. The van der Waals surface area contributed by atoms with E-state index in [4.69, 9.17) is 5.11 Å². The normalized spacial score (nSPS) is 12.8. The zero-order valence-corrected chi connectivity index (χ0v) is 12.9. The first-order valence-electron chi connectivity index (χ1n) is 5.65. The molecule has 0 unspecified atom stereocenters. The summed E-state index contributed by atoms with van der Waals surface area (Å²) >= 11 is 0. The predicted octanol–water partition coefficient (Wildman–Crippen LogP) is 0.981. The van der Waals surface area contributed by atoms with Crippen molar-refractivity contribution in [3.05, 3.63) is 0 Å². The molecule has 0 aromatic rings. The number of hydrogen-bond donors (Lipinski definition) is 1. The van der Waals surface area contributed by atoms with E-state index in [1.165, 1.54) is 20.8 Å². The van der Waals surface area contributed by atoms with Gasteiger partial charge in [0, 0.05) is 18.1 Å². The SMILES string of the molecule is CCC(C)(S(=O)(=O)CC)S(=O)(=O)CC.CCO. The molecule has 0 saturated carbocycles. The topological polar surface area (TPSA) is 88.5 Å². The summed E-state index contributed by atoms with van der Waals surface area (Å²) in [7, 11) is -7.14. The standard InChI is InChI=1S/C8H18O4S2.C2H6O/c1-5-8(4,13(9,10)6-2)14(11,12)7-3;1-2-3/h5-7H2,1-4H3;3H,2H2,1H3. The zero-order valence-electron chi connectivity index (χ0n) is 11.2. The fourth-order valence-corrected chi connectivity index (χ4v) is 5.60. The fourth-order valence-electron chi connectivity index (χ4n) is 1.24. The Labute approximate surface area is 105 Å². The van der Waals surface area contributed by atoms with Crippen LogP contribution in [0.15, 0.2) is 0 Å². The second-order valence-corrected chi connectivity index (χ2v) is 9.28. The summed E-state index contributed by atoms with van der Waals surface area (Å²) in [6, 6.07) is 0. The highest BCUT2D eigenvalue weighted by Gasteiger charge is 2.47. The quantitative estimate of drug-likeness (QED) is 0.814. The summed E-state index contributed by atoms with van der Waals surface area (Å²) in [4.78, 5) is 0. The number of aliphatic hydroxyl groups is 1. The summed E-state index contributed by atoms with van der Waals surface area (Å²) in [6.07, 6.45) is 0.0966. The van der Waals surface area contributed by atoms with Gasteiger partial charge in [-0.25, -0.2) is 16.8 Å². The van der Waals surface area contributed by atoms with Crippen molar-refractivity contribution in [3.8, 4) is 0 Å². The van der Waals surface area contributed by atoms with Crippen LogP contribution in [0.2, 0.25) is 0 Å². The molecule has 1 N–H and O–H groups in total. The van der Waals surface area contributed by atoms with E-state index in [1.54, 1.807) is 13.8 Å². The van der Waals surface area contributed by atoms with Crippen LogP contribution in [0, 0.1) is 0 Å². The van der Waals surface area contributed by atoms with Crippen molar-refractivity contribution in [1.82, 2.24) is 0 Å². The lowest BCUT2D eigenvalue weighted by Crippen LogP contribution is -2.44. The average molecular weight is 288 g/mol. The minimum absolute atomic E-state index is 0.0966. The minimum atomic E-state index is -3.57. The number of rotatable bonds is 5. The van der Waals surface area contributed by atoms with Gasteiger partial charge in [-0.1, -0.05) is 20.8 Å². The number of hydrogen-bond acceptors (Lipinski definition) is 5. The van der Waals surface area contributed by atoms with Gasteiger partial charge in [0.1, 0.15) is 0 Å². The van der Waals surface area contributed by atoms with E-state index in [-0.39, 0.29) is 24.5 Å². The second-order valence-electron chi connectivity index (χ2n) is 3.61. The summed E-state index contributed by atoms with van der Waals surface area (Å²) < 4.78 is 45.1. The van der Waals surface area contributed by atoms with Crippen LogP contribution >= 0.6 is 0 Å². The predicted molar refractivity (Wildman–Crippen MR) is 70.4 cm³/mol. The maximum Gasteiger partial charge on any atom is 0.170 e. The molecule has 0 heterocycles. The first kappa shape index (κ1) is 19.2. The average Bonchev–Trinajstić information content (AvgIpc) is 2.28. The van der Waals surface area contributed by atoms with E-state index in [1.807, 2.05) is 0 Å².